The fourth-order valence-electron chi connectivity index (χ4n) is 3.41. The van der Waals surface area contributed by atoms with E-state index in [0.29, 0.717) is 16.5 Å². The molecule has 2 amide bonds. The van der Waals surface area contributed by atoms with Gasteiger partial charge in [0, 0.05) is 10.7 Å². The van der Waals surface area contributed by atoms with Gasteiger partial charge < -0.3 is 14.8 Å². The minimum absolute atomic E-state index is 0.0503. The van der Waals surface area contributed by atoms with Crippen molar-refractivity contribution in [3.8, 4) is 5.75 Å². The number of nitrogens with zero attached hydrogens (tertiary/aromatic N) is 1. The molecule has 1 aliphatic rings. The lowest BCUT2D eigenvalue weighted by molar-refractivity contribution is -0.120. The van der Waals surface area contributed by atoms with E-state index in [4.69, 9.17) is 32.7 Å². The molecule has 4 rings (SSSR count). The van der Waals surface area contributed by atoms with E-state index in [1.165, 1.54) is 42.5 Å². The molecule has 3 aromatic rings. The number of benzene rings is 3. The third-order valence-corrected chi connectivity index (χ3v) is 5.65. The number of esters is 2. The first-order chi connectivity index (χ1) is 17.3. The quantitative estimate of drug-likeness (QED) is 0.258. The lowest BCUT2D eigenvalue weighted by Crippen LogP contribution is -2.33. The Kier molecular flexibility index (Phi) is 7.38. The van der Waals surface area contributed by atoms with Crippen molar-refractivity contribution in [2.45, 2.75) is 6.92 Å². The summed E-state index contributed by atoms with van der Waals surface area (Å²) >= 11 is 12.1. The van der Waals surface area contributed by atoms with Crippen molar-refractivity contribution in [2.75, 3.05) is 16.8 Å². The van der Waals surface area contributed by atoms with E-state index in [2.05, 4.69) is 5.32 Å². The molecule has 1 aliphatic heterocycles. The summed E-state index contributed by atoms with van der Waals surface area (Å²) in [5.41, 5.74) is 0.576. The van der Waals surface area contributed by atoms with Crippen molar-refractivity contribution in [2.24, 2.45) is 0 Å². The van der Waals surface area contributed by atoms with Crippen molar-refractivity contribution in [3.05, 3.63) is 99.7 Å². The van der Waals surface area contributed by atoms with Gasteiger partial charge in [-0.3, -0.25) is 9.59 Å². The number of hydrogen-bond acceptors (Lipinski definition) is 7. The number of amides is 2. The van der Waals surface area contributed by atoms with Crippen LogP contribution in [0.2, 0.25) is 5.02 Å². The topological polar surface area (TPSA) is 102 Å². The minimum Gasteiger partial charge on any atom is -0.462 e. The summed E-state index contributed by atoms with van der Waals surface area (Å²) in [5, 5.41) is 2.90. The van der Waals surface area contributed by atoms with Crippen molar-refractivity contribution in [1.82, 2.24) is 0 Å². The number of hydrogen-bond donors (Lipinski definition) is 1. The van der Waals surface area contributed by atoms with Gasteiger partial charge in [-0.05, 0) is 61.5 Å². The van der Waals surface area contributed by atoms with Crippen LogP contribution in [-0.2, 0) is 14.3 Å². The van der Waals surface area contributed by atoms with Crippen molar-refractivity contribution < 1.29 is 28.7 Å². The Morgan fingerprint density at radius 1 is 0.889 bits per heavy atom. The van der Waals surface area contributed by atoms with Gasteiger partial charge in [0.25, 0.3) is 11.8 Å². The third-order valence-electron chi connectivity index (χ3n) is 5.06. The Morgan fingerprint density at radius 3 is 2.31 bits per heavy atom. The van der Waals surface area contributed by atoms with Crippen LogP contribution in [0.5, 0.6) is 5.75 Å². The molecule has 0 bridgehead atoms. The number of anilines is 2. The Bertz CT molecular complexity index is 1400. The van der Waals surface area contributed by atoms with Gasteiger partial charge in [-0.2, -0.15) is 0 Å². The second kappa shape index (κ2) is 10.6. The van der Waals surface area contributed by atoms with Crippen LogP contribution in [0.1, 0.15) is 27.6 Å². The van der Waals surface area contributed by atoms with E-state index in [1.807, 2.05) is 0 Å². The second-order valence-corrected chi connectivity index (χ2v) is 8.24. The van der Waals surface area contributed by atoms with E-state index >= 15 is 0 Å². The molecular weight excluding hydrogens is 507 g/mol. The van der Waals surface area contributed by atoms with Crippen molar-refractivity contribution in [1.29, 1.82) is 0 Å². The average Bonchev–Trinajstić information content (AvgIpc) is 3.07. The normalized spacial score (nSPS) is 13.1. The molecule has 0 unspecified atom stereocenters. The monoisotopic (exact) mass is 524 g/mol. The summed E-state index contributed by atoms with van der Waals surface area (Å²) in [6.45, 7) is 1.78. The molecule has 0 radical (unpaired) electrons. The van der Waals surface area contributed by atoms with Crippen LogP contribution in [0.15, 0.2) is 83.5 Å². The first-order valence-corrected chi connectivity index (χ1v) is 11.4. The van der Waals surface area contributed by atoms with Crippen molar-refractivity contribution in [3.63, 3.8) is 0 Å². The molecule has 3 aromatic carbocycles. The number of halogens is 2. The maximum atomic E-state index is 13.1. The number of para-hydroxylation sites is 1. The summed E-state index contributed by atoms with van der Waals surface area (Å²) in [4.78, 5) is 51.5. The zero-order valence-electron chi connectivity index (χ0n) is 18.8. The van der Waals surface area contributed by atoms with Gasteiger partial charge in [0.05, 0.1) is 23.4 Å². The van der Waals surface area contributed by atoms with Crippen molar-refractivity contribution >= 4 is 58.3 Å². The molecule has 0 aromatic heterocycles. The average molecular weight is 525 g/mol. The van der Waals surface area contributed by atoms with Crippen LogP contribution in [-0.4, -0.2) is 30.4 Å². The third kappa shape index (κ3) is 5.10. The highest BCUT2D eigenvalue weighted by Crippen LogP contribution is 2.32. The fraction of sp³-hybridized carbons (Fsp3) is 0.0769. The van der Waals surface area contributed by atoms with Gasteiger partial charge in [-0.25, -0.2) is 14.5 Å². The summed E-state index contributed by atoms with van der Waals surface area (Å²) < 4.78 is 10.3. The van der Waals surface area contributed by atoms with Crippen LogP contribution in [0.3, 0.4) is 0 Å². The van der Waals surface area contributed by atoms with Gasteiger partial charge in [0.2, 0.25) is 0 Å². The largest absolute Gasteiger partial charge is 0.462 e. The number of nitrogens with one attached hydrogen (secondary N) is 1. The molecule has 10 heteroatoms. The molecule has 0 saturated heterocycles. The number of imide groups is 1. The molecule has 36 heavy (non-hydrogen) atoms. The predicted molar refractivity (Wildman–Crippen MR) is 134 cm³/mol. The number of carbonyl (C=O) groups is 4. The molecule has 0 saturated carbocycles. The summed E-state index contributed by atoms with van der Waals surface area (Å²) in [7, 11) is 0. The van der Waals surface area contributed by atoms with Crippen LogP contribution in [0.4, 0.5) is 11.4 Å². The van der Waals surface area contributed by atoms with Crippen LogP contribution in [0.25, 0.3) is 0 Å². The second-order valence-electron chi connectivity index (χ2n) is 7.42. The lowest BCUT2D eigenvalue weighted by Gasteiger charge is -2.18. The van der Waals surface area contributed by atoms with E-state index < -0.39 is 23.8 Å². The molecule has 182 valence electrons. The maximum absolute atomic E-state index is 13.1. The first-order valence-electron chi connectivity index (χ1n) is 10.7. The highest BCUT2D eigenvalue weighted by atomic mass is 35.5. The highest BCUT2D eigenvalue weighted by Gasteiger charge is 2.40. The summed E-state index contributed by atoms with van der Waals surface area (Å²) in [6, 6.07) is 18.5. The molecule has 0 aliphatic carbocycles. The highest BCUT2D eigenvalue weighted by molar-refractivity contribution is 6.53. The number of rotatable bonds is 7. The van der Waals surface area contributed by atoms with Crippen LogP contribution < -0.4 is 15.0 Å². The van der Waals surface area contributed by atoms with E-state index in [9.17, 15) is 19.2 Å². The van der Waals surface area contributed by atoms with Gasteiger partial charge in [-0.1, -0.05) is 41.4 Å². The molecule has 1 N–H and O–H groups in total. The van der Waals surface area contributed by atoms with Gasteiger partial charge in [0.15, 0.2) is 0 Å². The fourth-order valence-corrected chi connectivity index (χ4v) is 3.80. The van der Waals surface area contributed by atoms with Crippen LogP contribution >= 0.6 is 23.2 Å². The maximum Gasteiger partial charge on any atom is 0.343 e. The van der Waals surface area contributed by atoms with Gasteiger partial charge in [0.1, 0.15) is 16.5 Å². The SMILES string of the molecule is CCOC(=O)c1ccccc1N1C(=O)C(Cl)=C(Nc2ccc(C(=O)Oc3cccc(Cl)c3)cc2)C1=O. The molecule has 8 nitrogen and oxygen atoms in total. The summed E-state index contributed by atoms with van der Waals surface area (Å²) in [5.74, 6) is -2.51. The standard InChI is InChI=1S/C26H18Cl2N2O6/c1-2-35-26(34)19-8-3-4-9-20(19)30-23(31)21(28)22(24(30)32)29-17-12-10-15(11-13-17)25(33)36-18-7-5-6-16(27)14-18/h3-14,29H,2H2,1H3. The Labute approximate surface area is 216 Å². The van der Waals surface area contributed by atoms with Crippen LogP contribution in [0, 0.1) is 0 Å². The number of carbonyl (C=O) groups excluding carboxylic acids is 4. The van der Waals surface area contributed by atoms with Gasteiger partial charge in [-0.15, -0.1) is 0 Å². The first kappa shape index (κ1) is 25.0. The molecule has 0 atom stereocenters. The van der Waals surface area contributed by atoms with E-state index in [-0.39, 0.29) is 34.2 Å². The zero-order valence-corrected chi connectivity index (χ0v) is 20.3. The Balaban J connectivity index is 1.51. The molecular formula is C26H18Cl2N2O6. The summed E-state index contributed by atoms with van der Waals surface area (Å²) in [6.07, 6.45) is 0. The molecule has 0 fully saturated rings. The lowest BCUT2D eigenvalue weighted by atomic mass is 10.1. The predicted octanol–water partition coefficient (Wildman–Crippen LogP) is 5.17. The Hall–Kier alpha value is -4.14. The minimum atomic E-state index is -0.789. The zero-order chi connectivity index (χ0) is 25.8. The smallest absolute Gasteiger partial charge is 0.343 e. The van der Waals surface area contributed by atoms with E-state index in [0.717, 1.165) is 4.90 Å². The van der Waals surface area contributed by atoms with E-state index in [1.54, 1.807) is 37.3 Å². The Morgan fingerprint density at radius 2 is 1.61 bits per heavy atom. The van der Waals surface area contributed by atoms with Gasteiger partial charge >= 0.3 is 11.9 Å². The molecule has 0 spiro atoms. The number of ether oxygens (including phenoxy) is 2. The molecule has 1 heterocycles.